The molecule has 0 unspecified atom stereocenters. The summed E-state index contributed by atoms with van der Waals surface area (Å²) in [5, 5.41) is 15.3. The number of amides is 3. The highest BCUT2D eigenvalue weighted by molar-refractivity contribution is 6.02. The Morgan fingerprint density at radius 1 is 1.19 bits per heavy atom. The van der Waals surface area contributed by atoms with Gasteiger partial charge in [-0.15, -0.1) is 0 Å². The number of hydrogen-bond donors (Lipinski definition) is 3. The van der Waals surface area contributed by atoms with E-state index in [0.29, 0.717) is 17.9 Å². The van der Waals surface area contributed by atoms with Crippen molar-refractivity contribution in [3.63, 3.8) is 0 Å². The van der Waals surface area contributed by atoms with Gasteiger partial charge in [0.15, 0.2) is 0 Å². The summed E-state index contributed by atoms with van der Waals surface area (Å²) in [5.41, 5.74) is 0.576. The van der Waals surface area contributed by atoms with Crippen LogP contribution in [0.3, 0.4) is 0 Å². The molecule has 8 nitrogen and oxygen atoms in total. The quantitative estimate of drug-likeness (QED) is 0.568. The van der Waals surface area contributed by atoms with Crippen LogP contribution >= 0.6 is 0 Å². The topological polar surface area (TPSA) is 108 Å². The van der Waals surface area contributed by atoms with E-state index < -0.39 is 29.8 Å². The lowest BCUT2D eigenvalue weighted by molar-refractivity contribution is -0.142. The highest BCUT2D eigenvalue weighted by Gasteiger charge is 2.57. The van der Waals surface area contributed by atoms with Gasteiger partial charge in [0, 0.05) is 18.7 Å². The van der Waals surface area contributed by atoms with Gasteiger partial charge in [-0.05, 0) is 43.5 Å². The lowest BCUT2D eigenvalue weighted by Crippen LogP contribution is -2.49. The van der Waals surface area contributed by atoms with Crippen LogP contribution in [0.5, 0.6) is 5.75 Å². The molecule has 31 heavy (non-hydrogen) atoms. The molecule has 1 heterocycles. The van der Waals surface area contributed by atoms with E-state index in [2.05, 4.69) is 10.6 Å². The third-order valence-corrected chi connectivity index (χ3v) is 6.43. The minimum absolute atomic E-state index is 0.0835. The zero-order valence-electron chi connectivity index (χ0n) is 18.4. The summed E-state index contributed by atoms with van der Waals surface area (Å²) >= 11 is 0. The number of methoxy groups -OCH3 is 1. The normalized spacial score (nSPS) is 28.1. The third-order valence-electron chi connectivity index (χ3n) is 6.43. The number of fused-ring (bicyclic) bond motifs is 1. The van der Waals surface area contributed by atoms with E-state index in [1.807, 2.05) is 19.1 Å². The molecule has 1 aromatic carbocycles. The van der Waals surface area contributed by atoms with Crippen molar-refractivity contribution in [2.24, 2.45) is 23.7 Å². The second kappa shape index (κ2) is 9.51. The number of rotatable bonds is 7. The van der Waals surface area contributed by atoms with E-state index in [4.69, 9.17) is 4.74 Å². The van der Waals surface area contributed by atoms with E-state index in [9.17, 15) is 19.5 Å². The van der Waals surface area contributed by atoms with Crippen LogP contribution in [0.25, 0.3) is 0 Å². The van der Waals surface area contributed by atoms with Gasteiger partial charge in [0.2, 0.25) is 17.7 Å². The average molecular weight is 430 g/mol. The van der Waals surface area contributed by atoms with Crippen molar-refractivity contribution in [3.8, 4) is 5.75 Å². The van der Waals surface area contributed by atoms with Crippen LogP contribution in [-0.4, -0.2) is 60.6 Å². The van der Waals surface area contributed by atoms with Crippen molar-refractivity contribution in [2.45, 2.75) is 32.4 Å². The number of benzene rings is 1. The molecule has 8 heteroatoms. The zero-order chi connectivity index (χ0) is 22.7. The second-order valence-electron chi connectivity index (χ2n) is 8.14. The molecule has 3 amide bonds. The summed E-state index contributed by atoms with van der Waals surface area (Å²) in [7, 11) is 3.12. The number of nitrogens with one attached hydrogen (secondary N) is 2. The van der Waals surface area contributed by atoms with Crippen molar-refractivity contribution in [2.75, 3.05) is 26.1 Å². The Morgan fingerprint density at radius 2 is 1.87 bits per heavy atom. The number of carbonyl (C=O) groups excluding carboxylic acids is 3. The minimum Gasteiger partial charge on any atom is -0.497 e. The summed E-state index contributed by atoms with van der Waals surface area (Å²) in [6.45, 7) is 3.41. The molecule has 1 saturated heterocycles. The minimum atomic E-state index is -0.817. The molecule has 3 N–H and O–H groups in total. The van der Waals surface area contributed by atoms with Crippen LogP contribution in [0.15, 0.2) is 36.4 Å². The standard InChI is InChI=1S/C23H31N3O5/c1-5-14-6-11-17-19(18(14)21(28)24-3)23(30)26(13(2)12-27)20(17)22(29)25-15-7-9-16(31-4)10-8-15/h6-11,13-14,17-20,27H,5,12H2,1-4H3,(H,24,28)(H,25,29)/t13-,14-,17+,18-,19-,20+/m1/s1. The molecular weight excluding hydrogens is 398 g/mol. The van der Waals surface area contributed by atoms with Crippen molar-refractivity contribution < 1.29 is 24.2 Å². The van der Waals surface area contributed by atoms with Crippen molar-refractivity contribution in [1.29, 1.82) is 0 Å². The van der Waals surface area contributed by atoms with Gasteiger partial charge in [0.25, 0.3) is 0 Å². The largest absolute Gasteiger partial charge is 0.497 e. The Hall–Kier alpha value is -2.87. The molecule has 0 bridgehead atoms. The van der Waals surface area contributed by atoms with Crippen LogP contribution in [0, 0.1) is 23.7 Å². The molecule has 0 spiro atoms. The SMILES string of the molecule is CC[C@@H]1C=C[C@H]2[C@@H](C(=O)N([C@H](C)CO)[C@@H]2C(=O)Nc2ccc(OC)cc2)[C@@H]1C(=O)NC. The van der Waals surface area contributed by atoms with E-state index >= 15 is 0 Å². The van der Waals surface area contributed by atoms with Crippen molar-refractivity contribution in [3.05, 3.63) is 36.4 Å². The molecule has 0 aromatic heterocycles. The summed E-state index contributed by atoms with van der Waals surface area (Å²) < 4.78 is 5.15. The molecule has 168 valence electrons. The van der Waals surface area contributed by atoms with Gasteiger partial charge in [-0.25, -0.2) is 0 Å². The predicted molar refractivity (Wildman–Crippen MR) is 116 cm³/mol. The molecule has 1 aliphatic heterocycles. The van der Waals surface area contributed by atoms with E-state index in [-0.39, 0.29) is 30.2 Å². The van der Waals surface area contributed by atoms with Gasteiger partial charge in [-0.3, -0.25) is 14.4 Å². The maximum atomic E-state index is 13.5. The number of hydrogen-bond acceptors (Lipinski definition) is 5. The molecule has 3 rings (SSSR count). The second-order valence-corrected chi connectivity index (χ2v) is 8.14. The number of aliphatic hydroxyl groups is 1. The highest BCUT2D eigenvalue weighted by atomic mass is 16.5. The van der Waals surface area contributed by atoms with Gasteiger partial charge >= 0.3 is 0 Å². The van der Waals surface area contributed by atoms with Crippen LogP contribution in [0.1, 0.15) is 20.3 Å². The summed E-state index contributed by atoms with van der Waals surface area (Å²) in [5.74, 6) is -1.88. The maximum absolute atomic E-state index is 13.5. The van der Waals surface area contributed by atoms with Crippen molar-refractivity contribution in [1.82, 2.24) is 10.2 Å². The molecular formula is C23H31N3O5. The number of ether oxygens (including phenoxy) is 1. The first-order valence-corrected chi connectivity index (χ1v) is 10.7. The predicted octanol–water partition coefficient (Wildman–Crippen LogP) is 1.42. The molecule has 1 aromatic rings. The van der Waals surface area contributed by atoms with Crippen LogP contribution in [0.4, 0.5) is 5.69 Å². The lowest BCUT2D eigenvalue weighted by Gasteiger charge is -2.33. The first-order valence-electron chi connectivity index (χ1n) is 10.7. The number of anilines is 1. The van der Waals surface area contributed by atoms with Gasteiger partial charge < -0.3 is 25.4 Å². The summed E-state index contributed by atoms with van der Waals surface area (Å²) in [4.78, 5) is 41.0. The van der Waals surface area contributed by atoms with Gasteiger partial charge in [-0.1, -0.05) is 19.1 Å². The third kappa shape index (κ3) is 4.17. The number of likely N-dealkylation sites (tertiary alicyclic amines) is 1. The lowest BCUT2D eigenvalue weighted by atomic mass is 9.69. The summed E-state index contributed by atoms with van der Waals surface area (Å²) in [6, 6.07) is 5.55. The highest BCUT2D eigenvalue weighted by Crippen LogP contribution is 2.45. The van der Waals surface area contributed by atoms with E-state index in [1.54, 1.807) is 45.3 Å². The van der Waals surface area contributed by atoms with Crippen LogP contribution in [0.2, 0.25) is 0 Å². The Labute approximate surface area is 182 Å². The Bertz CT molecular complexity index is 853. The number of nitrogens with zero attached hydrogens (tertiary/aromatic N) is 1. The summed E-state index contributed by atoms with van der Waals surface area (Å²) in [6.07, 6.45) is 4.57. The van der Waals surface area contributed by atoms with E-state index in [0.717, 1.165) is 0 Å². The first-order chi connectivity index (χ1) is 14.9. The van der Waals surface area contributed by atoms with Crippen LogP contribution in [-0.2, 0) is 14.4 Å². The average Bonchev–Trinajstić information content (AvgIpc) is 3.10. The Balaban J connectivity index is 1.97. The van der Waals surface area contributed by atoms with E-state index in [1.165, 1.54) is 4.90 Å². The molecule has 1 fully saturated rings. The molecule has 0 saturated carbocycles. The maximum Gasteiger partial charge on any atom is 0.247 e. The van der Waals surface area contributed by atoms with Crippen LogP contribution < -0.4 is 15.4 Å². The van der Waals surface area contributed by atoms with Gasteiger partial charge in [0.1, 0.15) is 11.8 Å². The fraction of sp³-hybridized carbons (Fsp3) is 0.522. The smallest absolute Gasteiger partial charge is 0.247 e. The fourth-order valence-corrected chi connectivity index (χ4v) is 4.82. The Kier molecular flexibility index (Phi) is 7.00. The molecule has 0 radical (unpaired) electrons. The number of aliphatic hydroxyl groups excluding tert-OH is 1. The monoisotopic (exact) mass is 429 g/mol. The zero-order valence-corrected chi connectivity index (χ0v) is 18.4. The van der Waals surface area contributed by atoms with Gasteiger partial charge in [0.05, 0.1) is 31.6 Å². The first kappa shape index (κ1) is 22.8. The van der Waals surface area contributed by atoms with Crippen molar-refractivity contribution >= 4 is 23.4 Å². The number of allylic oxidation sites excluding steroid dienone is 1. The molecule has 1 aliphatic carbocycles. The Morgan fingerprint density at radius 3 is 2.42 bits per heavy atom. The fourth-order valence-electron chi connectivity index (χ4n) is 4.82. The van der Waals surface area contributed by atoms with Gasteiger partial charge in [-0.2, -0.15) is 0 Å². The molecule has 6 atom stereocenters. The molecule has 2 aliphatic rings. The number of carbonyl (C=O) groups is 3.